The lowest BCUT2D eigenvalue weighted by Crippen LogP contribution is -2.30. The molecule has 0 aromatic heterocycles. The van der Waals surface area contributed by atoms with Crippen molar-refractivity contribution in [2.75, 3.05) is 13.2 Å². The number of rotatable bonds is 62. The maximum Gasteiger partial charge on any atom is 0.306 e. The van der Waals surface area contributed by atoms with Crippen molar-refractivity contribution < 1.29 is 28.6 Å². The fourth-order valence-electron chi connectivity index (χ4n) is 9.94. The third-order valence-electron chi connectivity index (χ3n) is 15.0. The van der Waals surface area contributed by atoms with Crippen LogP contribution in [0.2, 0.25) is 0 Å². The summed E-state index contributed by atoms with van der Waals surface area (Å²) in [7, 11) is 0. The van der Waals surface area contributed by atoms with Gasteiger partial charge >= 0.3 is 17.9 Å². The molecule has 0 aliphatic carbocycles. The van der Waals surface area contributed by atoms with Gasteiger partial charge < -0.3 is 14.2 Å². The van der Waals surface area contributed by atoms with Crippen LogP contribution in [-0.4, -0.2) is 37.2 Å². The Labute approximate surface area is 473 Å². The van der Waals surface area contributed by atoms with E-state index in [0.717, 1.165) is 89.9 Å². The Morgan fingerprint density at radius 3 is 0.763 bits per heavy atom. The van der Waals surface area contributed by atoms with Crippen LogP contribution in [-0.2, 0) is 28.6 Å². The summed E-state index contributed by atoms with van der Waals surface area (Å²) < 4.78 is 16.9. The van der Waals surface area contributed by atoms with Gasteiger partial charge in [-0.15, -0.1) is 0 Å². The van der Waals surface area contributed by atoms with E-state index in [9.17, 15) is 14.4 Å². The smallest absolute Gasteiger partial charge is 0.306 e. The Bertz CT molecular complexity index is 1310. The molecule has 0 N–H and O–H groups in total. The predicted octanol–water partition coefficient (Wildman–Crippen LogP) is 22.9. The highest BCUT2D eigenvalue weighted by molar-refractivity contribution is 5.71. The fraction of sp³-hybridized carbons (Fsp3) is 0.843. The molecule has 6 nitrogen and oxygen atoms in total. The van der Waals surface area contributed by atoms with Crippen LogP contribution in [0.1, 0.15) is 361 Å². The largest absolute Gasteiger partial charge is 0.462 e. The van der Waals surface area contributed by atoms with Gasteiger partial charge in [-0.2, -0.15) is 0 Å². The average Bonchev–Trinajstić information content (AvgIpc) is 3.42. The minimum Gasteiger partial charge on any atom is -0.462 e. The van der Waals surface area contributed by atoms with Crippen LogP contribution in [0.4, 0.5) is 0 Å². The number of hydrogen-bond donors (Lipinski definition) is 0. The maximum absolute atomic E-state index is 12.9. The Hall–Kier alpha value is -2.63. The summed E-state index contributed by atoms with van der Waals surface area (Å²) in [6, 6.07) is 0. The van der Waals surface area contributed by atoms with Crippen LogP contribution in [0.3, 0.4) is 0 Å². The first-order chi connectivity index (χ1) is 37.5. The Morgan fingerprint density at radius 1 is 0.263 bits per heavy atom. The van der Waals surface area contributed by atoms with E-state index in [1.165, 1.54) is 231 Å². The minimum atomic E-state index is -0.782. The molecule has 0 saturated carbocycles. The summed E-state index contributed by atoms with van der Waals surface area (Å²) in [6.07, 6.45) is 81.5. The van der Waals surface area contributed by atoms with Crippen LogP contribution in [0, 0.1) is 0 Å². The molecular weight excluding hydrogens is 937 g/mol. The van der Waals surface area contributed by atoms with E-state index in [2.05, 4.69) is 69.4 Å². The Kier molecular flexibility index (Phi) is 62.6. The molecule has 0 aromatic rings. The third kappa shape index (κ3) is 62.2. The van der Waals surface area contributed by atoms with Gasteiger partial charge in [0.25, 0.3) is 0 Å². The van der Waals surface area contributed by atoms with Gasteiger partial charge in [-0.05, 0) is 103 Å². The number of esters is 3. The van der Waals surface area contributed by atoms with Crippen molar-refractivity contribution in [2.45, 2.75) is 367 Å². The Morgan fingerprint density at radius 2 is 0.474 bits per heavy atom. The number of allylic oxidation sites excluding steroid dienone is 8. The first kappa shape index (κ1) is 73.4. The van der Waals surface area contributed by atoms with Crippen LogP contribution in [0.15, 0.2) is 48.6 Å². The first-order valence-electron chi connectivity index (χ1n) is 33.6. The summed E-state index contributed by atoms with van der Waals surface area (Å²) in [5.74, 6) is -0.883. The van der Waals surface area contributed by atoms with Crippen molar-refractivity contribution in [1.82, 2.24) is 0 Å². The monoisotopic (exact) mass is 1060 g/mol. The second-order valence-electron chi connectivity index (χ2n) is 22.7. The summed E-state index contributed by atoms with van der Waals surface area (Å²) in [5.41, 5.74) is 0. The molecular formula is C70H128O6. The molecule has 0 spiro atoms. The van der Waals surface area contributed by atoms with E-state index < -0.39 is 6.10 Å². The van der Waals surface area contributed by atoms with E-state index in [-0.39, 0.29) is 31.1 Å². The van der Waals surface area contributed by atoms with Gasteiger partial charge in [0.05, 0.1) is 0 Å². The lowest BCUT2D eigenvalue weighted by molar-refractivity contribution is -0.167. The molecule has 0 aromatic carbocycles. The SMILES string of the molecule is CCCCC/C=C\C/C=C\CCCCCCCC(=O)OC(COC(=O)CCCCCCC/C=C\CCCCC)COC(=O)CCCCCCCCCCCCCCCCCCCCC/C=C\CCCCCCCCCC. The van der Waals surface area contributed by atoms with Crippen LogP contribution in [0.5, 0.6) is 0 Å². The molecule has 1 atom stereocenters. The van der Waals surface area contributed by atoms with E-state index in [1.807, 2.05) is 0 Å². The average molecular weight is 1070 g/mol. The minimum absolute atomic E-state index is 0.0782. The number of hydrogen-bond acceptors (Lipinski definition) is 6. The highest BCUT2D eigenvalue weighted by atomic mass is 16.6. The molecule has 6 heteroatoms. The summed E-state index contributed by atoms with van der Waals surface area (Å²) in [4.78, 5) is 38.2. The predicted molar refractivity (Wildman–Crippen MR) is 330 cm³/mol. The number of unbranched alkanes of at least 4 members (excludes halogenated alkanes) is 43. The highest BCUT2D eigenvalue weighted by Gasteiger charge is 2.19. The molecule has 0 rings (SSSR count). The van der Waals surface area contributed by atoms with Crippen LogP contribution < -0.4 is 0 Å². The van der Waals surface area contributed by atoms with E-state index in [0.29, 0.717) is 19.3 Å². The quantitative estimate of drug-likeness (QED) is 0.0261. The van der Waals surface area contributed by atoms with Gasteiger partial charge in [0.1, 0.15) is 13.2 Å². The topological polar surface area (TPSA) is 78.9 Å². The lowest BCUT2D eigenvalue weighted by Gasteiger charge is -2.18. The van der Waals surface area contributed by atoms with Gasteiger partial charge in [-0.1, -0.05) is 288 Å². The first-order valence-corrected chi connectivity index (χ1v) is 33.6. The summed E-state index contributed by atoms with van der Waals surface area (Å²) >= 11 is 0. The van der Waals surface area contributed by atoms with Crippen molar-refractivity contribution in [2.24, 2.45) is 0 Å². The maximum atomic E-state index is 12.9. The van der Waals surface area contributed by atoms with Gasteiger partial charge in [-0.3, -0.25) is 14.4 Å². The van der Waals surface area contributed by atoms with Gasteiger partial charge in [0, 0.05) is 19.3 Å². The zero-order chi connectivity index (χ0) is 55.0. The molecule has 0 aliphatic rings. The van der Waals surface area contributed by atoms with Gasteiger partial charge in [-0.25, -0.2) is 0 Å². The molecule has 76 heavy (non-hydrogen) atoms. The van der Waals surface area contributed by atoms with Crippen molar-refractivity contribution in [3.8, 4) is 0 Å². The number of ether oxygens (including phenoxy) is 3. The second kappa shape index (κ2) is 64.9. The van der Waals surface area contributed by atoms with Crippen LogP contribution in [0.25, 0.3) is 0 Å². The van der Waals surface area contributed by atoms with Gasteiger partial charge in [0.15, 0.2) is 6.10 Å². The van der Waals surface area contributed by atoms with E-state index in [4.69, 9.17) is 14.2 Å². The molecule has 0 aliphatic heterocycles. The van der Waals surface area contributed by atoms with Crippen molar-refractivity contribution >= 4 is 17.9 Å². The third-order valence-corrected chi connectivity index (χ3v) is 15.0. The van der Waals surface area contributed by atoms with Crippen molar-refractivity contribution in [3.05, 3.63) is 48.6 Å². The van der Waals surface area contributed by atoms with Crippen molar-refractivity contribution in [1.29, 1.82) is 0 Å². The molecule has 0 bridgehead atoms. The molecule has 0 heterocycles. The highest BCUT2D eigenvalue weighted by Crippen LogP contribution is 2.17. The zero-order valence-corrected chi connectivity index (χ0v) is 51.0. The van der Waals surface area contributed by atoms with Crippen LogP contribution >= 0.6 is 0 Å². The van der Waals surface area contributed by atoms with Crippen molar-refractivity contribution in [3.63, 3.8) is 0 Å². The number of carbonyl (C=O) groups is 3. The normalized spacial score (nSPS) is 12.3. The molecule has 0 amide bonds. The Balaban J connectivity index is 4.12. The summed E-state index contributed by atoms with van der Waals surface area (Å²) in [5, 5.41) is 0. The summed E-state index contributed by atoms with van der Waals surface area (Å²) in [6.45, 7) is 6.62. The molecule has 0 fully saturated rings. The molecule has 444 valence electrons. The van der Waals surface area contributed by atoms with E-state index >= 15 is 0 Å². The molecule has 1 unspecified atom stereocenters. The fourth-order valence-corrected chi connectivity index (χ4v) is 9.94. The standard InChI is InChI=1S/C70H128O6/c1-4-7-10-13-16-19-22-25-27-28-29-30-31-32-33-34-35-36-37-38-39-40-41-42-44-45-48-51-54-57-60-63-69(72)75-66-67(65-74-68(71)62-59-56-53-50-47-24-21-18-15-12-9-6-3)76-70(73)64-61-58-55-52-49-46-43-26-23-20-17-14-11-8-5-2/h17-18,20-21,26,28-29,43,67H,4-16,19,22-25,27,30-42,44-66H2,1-3H3/b20-17-,21-18-,29-28-,43-26-. The molecule has 0 radical (unpaired) electrons. The number of carbonyl (C=O) groups excluding carboxylic acids is 3. The van der Waals surface area contributed by atoms with E-state index in [1.54, 1.807) is 0 Å². The zero-order valence-electron chi connectivity index (χ0n) is 51.0. The van der Waals surface area contributed by atoms with Gasteiger partial charge in [0.2, 0.25) is 0 Å². The lowest BCUT2D eigenvalue weighted by atomic mass is 10.0. The molecule has 0 saturated heterocycles. The second-order valence-corrected chi connectivity index (χ2v) is 22.7.